The molecule has 2 heterocycles. The molecule has 1 aromatic heterocycles. The zero-order chi connectivity index (χ0) is 22.9. The first kappa shape index (κ1) is 24.8. The summed E-state index contributed by atoms with van der Waals surface area (Å²) >= 11 is 0.854. The summed E-state index contributed by atoms with van der Waals surface area (Å²) in [5.74, 6) is -0.781. The molecule has 14 heteroatoms. The number of ether oxygens (including phenoxy) is 1. The second-order valence-electron chi connectivity index (χ2n) is 7.74. The van der Waals surface area contributed by atoms with Crippen LogP contribution in [0, 0.1) is 0 Å². The smallest absolute Gasteiger partial charge is 0.403 e. The number of hydrogen-bond acceptors (Lipinski definition) is 9. The number of nitrogens with two attached hydrogens (primary N) is 1. The average molecular weight is 468 g/mol. The van der Waals surface area contributed by atoms with Gasteiger partial charge in [-0.25, -0.2) is 18.8 Å². The highest BCUT2D eigenvalue weighted by Gasteiger charge is 2.46. The molecule has 0 radical (unpaired) electrons. The second-order valence-corrected chi connectivity index (χ2v) is 10.7. The van der Waals surface area contributed by atoms with Gasteiger partial charge in [-0.1, -0.05) is 0 Å². The van der Waals surface area contributed by atoms with Crippen LogP contribution in [0.5, 0.6) is 0 Å². The summed E-state index contributed by atoms with van der Waals surface area (Å²) in [5, 5.41) is 10.2. The van der Waals surface area contributed by atoms with Crippen molar-refractivity contribution in [2.75, 3.05) is 12.3 Å². The van der Waals surface area contributed by atoms with Gasteiger partial charge in [0.2, 0.25) is 0 Å². The van der Waals surface area contributed by atoms with Crippen molar-refractivity contribution >= 4 is 31.3 Å². The normalized spacial score (nSPS) is 27.4. The number of carbonyl (C=O) groups excluding carboxylic acids is 1. The van der Waals surface area contributed by atoms with E-state index in [1.165, 1.54) is 19.2 Å². The summed E-state index contributed by atoms with van der Waals surface area (Å²) in [4.78, 5) is 37.3. The lowest BCUT2D eigenvalue weighted by atomic mass is 10.1. The van der Waals surface area contributed by atoms with Crippen LogP contribution < -0.4 is 16.5 Å². The molecule has 1 aliphatic heterocycles. The molecule has 1 unspecified atom stereocenters. The number of hydrogen-bond donors (Lipinski definition) is 4. The molecule has 1 aliphatic rings. The Balaban J connectivity index is 1.98. The molecule has 1 fully saturated rings. The lowest BCUT2D eigenvalue weighted by molar-refractivity contribution is -0.156. The molecule has 0 aromatic carbocycles. The molecule has 1 aromatic rings. The summed E-state index contributed by atoms with van der Waals surface area (Å²) in [6.45, 7) is 5.76. The number of carbonyl (C=O) groups is 1. The third-order valence-corrected chi connectivity index (χ3v) is 6.69. The van der Waals surface area contributed by atoms with Gasteiger partial charge < -0.3 is 20.5 Å². The number of alkyl halides is 1. The van der Waals surface area contributed by atoms with Crippen LogP contribution in [0.2, 0.25) is 0 Å². The quantitative estimate of drug-likeness (QED) is 0.326. The molecule has 6 atom stereocenters. The largest absolute Gasteiger partial charge is 0.459 e. The third-order valence-electron chi connectivity index (χ3n) is 3.95. The molecule has 30 heavy (non-hydrogen) atoms. The molecular weight excluding hydrogens is 442 g/mol. The Morgan fingerprint density at radius 3 is 2.73 bits per heavy atom. The predicted molar refractivity (Wildman–Crippen MR) is 108 cm³/mol. The fraction of sp³-hybridized carbons (Fsp3) is 0.688. The van der Waals surface area contributed by atoms with E-state index in [4.69, 9.17) is 15.0 Å². The molecule has 0 spiro atoms. The van der Waals surface area contributed by atoms with E-state index in [0.717, 1.165) is 16.3 Å². The zero-order valence-electron chi connectivity index (χ0n) is 16.9. The average Bonchev–Trinajstić information content (AvgIpc) is 2.86. The number of esters is 1. The Labute approximate surface area is 176 Å². The molecule has 170 valence electrons. The zero-order valence-corrected chi connectivity index (χ0v) is 18.6. The van der Waals surface area contributed by atoms with Gasteiger partial charge in [-0.05, 0) is 33.8 Å². The first-order chi connectivity index (χ1) is 13.7. The highest BCUT2D eigenvalue weighted by Crippen LogP contribution is 2.46. The topological polar surface area (TPSA) is 166 Å². The van der Waals surface area contributed by atoms with Crippen molar-refractivity contribution in [3.8, 4) is 0 Å². The van der Waals surface area contributed by atoms with E-state index in [2.05, 4.69) is 10.1 Å². The number of rotatable bonds is 7. The van der Waals surface area contributed by atoms with Gasteiger partial charge in [-0.2, -0.15) is 4.98 Å². The van der Waals surface area contributed by atoms with E-state index in [9.17, 15) is 28.5 Å². The van der Waals surface area contributed by atoms with E-state index >= 15 is 0 Å². The highest BCUT2D eigenvalue weighted by atomic mass is 32.2. The van der Waals surface area contributed by atoms with Crippen LogP contribution in [-0.4, -0.2) is 61.3 Å². The van der Waals surface area contributed by atoms with E-state index in [1.54, 1.807) is 20.8 Å². The first-order valence-electron chi connectivity index (χ1n) is 9.00. The van der Waals surface area contributed by atoms with Crippen molar-refractivity contribution in [2.45, 2.75) is 62.2 Å². The standard InChI is InChI=1S/C16H26FN4O7PS/c1-8(14(23)28-16(2,3)4)20-29(25,26)27-7-9-12(22)11(17)13(30-9)21-6-5-10(18)19-15(21)24/h5-6,8-9,11-13,22H,7H2,1-4H3,(H2,18,19,24)(H2,20,25,26)/t8-,9+,11-,12+,13+/m0/s1. The SMILES string of the molecule is C[C@H](NP(=O)(O)OC[C@H]1S[C@@H](n2ccc(N)nc2=O)[C@@H](F)[C@@H]1O)C(=O)OC(C)(C)C. The Hall–Kier alpha value is -1.50. The van der Waals surface area contributed by atoms with Crippen LogP contribution in [0.4, 0.5) is 10.2 Å². The second kappa shape index (κ2) is 9.33. The van der Waals surface area contributed by atoms with Crippen molar-refractivity contribution < 1.29 is 33.0 Å². The number of nitrogens with one attached hydrogen (secondary N) is 1. The Bertz CT molecular complexity index is 880. The van der Waals surface area contributed by atoms with Gasteiger partial charge in [0.25, 0.3) is 0 Å². The number of aromatic nitrogens is 2. The third kappa shape index (κ3) is 6.50. The van der Waals surface area contributed by atoms with Crippen molar-refractivity contribution in [1.29, 1.82) is 0 Å². The number of nitrogen functional groups attached to an aromatic ring is 1. The van der Waals surface area contributed by atoms with E-state index < -0.39 is 60.6 Å². The molecule has 0 aliphatic carbocycles. The minimum absolute atomic E-state index is 0.0264. The number of aliphatic hydroxyl groups is 1. The van der Waals surface area contributed by atoms with Crippen molar-refractivity contribution in [3.05, 3.63) is 22.7 Å². The van der Waals surface area contributed by atoms with Crippen LogP contribution in [0.25, 0.3) is 0 Å². The number of nitrogens with zero attached hydrogens (tertiary/aromatic N) is 2. The van der Waals surface area contributed by atoms with Crippen LogP contribution in [0.15, 0.2) is 17.1 Å². The van der Waals surface area contributed by atoms with E-state index in [-0.39, 0.29) is 5.82 Å². The van der Waals surface area contributed by atoms with Gasteiger partial charge >= 0.3 is 19.4 Å². The summed E-state index contributed by atoms with van der Waals surface area (Å²) in [7, 11) is -4.47. The molecular formula is C16H26FN4O7PS. The van der Waals surface area contributed by atoms with Gasteiger partial charge in [0.15, 0.2) is 6.17 Å². The van der Waals surface area contributed by atoms with Crippen LogP contribution in [-0.2, 0) is 18.6 Å². The maximum atomic E-state index is 14.5. The Kier molecular flexibility index (Phi) is 7.70. The van der Waals surface area contributed by atoms with Gasteiger partial charge in [-0.3, -0.25) is 13.9 Å². The summed E-state index contributed by atoms with van der Waals surface area (Å²) < 4.78 is 37.8. The molecule has 0 bridgehead atoms. The Morgan fingerprint density at radius 1 is 1.53 bits per heavy atom. The number of thioether (sulfide) groups is 1. The highest BCUT2D eigenvalue weighted by molar-refractivity contribution is 8.00. The molecule has 1 saturated heterocycles. The molecule has 0 amide bonds. The van der Waals surface area contributed by atoms with Crippen molar-refractivity contribution in [3.63, 3.8) is 0 Å². The molecule has 5 N–H and O–H groups in total. The van der Waals surface area contributed by atoms with Crippen LogP contribution in [0.3, 0.4) is 0 Å². The number of anilines is 1. The molecule has 0 saturated carbocycles. The van der Waals surface area contributed by atoms with Gasteiger partial charge in [0.05, 0.1) is 11.9 Å². The fourth-order valence-corrected chi connectivity index (χ4v) is 5.14. The lowest BCUT2D eigenvalue weighted by Crippen LogP contribution is -2.38. The van der Waals surface area contributed by atoms with Gasteiger partial charge in [0, 0.05) is 6.20 Å². The summed E-state index contributed by atoms with van der Waals surface area (Å²) in [5.41, 5.74) is 3.85. The van der Waals surface area contributed by atoms with E-state index in [0.29, 0.717) is 0 Å². The maximum absolute atomic E-state index is 14.5. The summed E-state index contributed by atoms with van der Waals surface area (Å²) in [6.07, 6.45) is -2.16. The molecule has 11 nitrogen and oxygen atoms in total. The maximum Gasteiger partial charge on any atom is 0.403 e. The monoisotopic (exact) mass is 468 g/mol. The molecule has 2 rings (SSSR count). The van der Waals surface area contributed by atoms with E-state index in [1.807, 2.05) is 0 Å². The summed E-state index contributed by atoms with van der Waals surface area (Å²) in [6, 6.07) is 0.164. The first-order valence-corrected chi connectivity index (χ1v) is 11.5. The van der Waals surface area contributed by atoms with Gasteiger partial charge in [0.1, 0.15) is 28.9 Å². The minimum Gasteiger partial charge on any atom is -0.459 e. The number of aliphatic hydroxyl groups excluding tert-OH is 1. The van der Waals surface area contributed by atoms with Crippen LogP contribution >= 0.6 is 19.5 Å². The number of halogens is 1. The van der Waals surface area contributed by atoms with Gasteiger partial charge in [-0.15, -0.1) is 11.8 Å². The van der Waals surface area contributed by atoms with Crippen molar-refractivity contribution in [1.82, 2.24) is 14.6 Å². The minimum atomic E-state index is -4.47. The Morgan fingerprint density at radius 2 is 2.17 bits per heavy atom. The predicted octanol–water partition coefficient (Wildman–Crippen LogP) is 0.575. The fourth-order valence-electron chi connectivity index (χ4n) is 2.58. The lowest BCUT2D eigenvalue weighted by Gasteiger charge is -2.24. The van der Waals surface area contributed by atoms with Crippen LogP contribution in [0.1, 0.15) is 33.1 Å². The van der Waals surface area contributed by atoms with Crippen molar-refractivity contribution in [2.24, 2.45) is 0 Å².